The van der Waals surface area contributed by atoms with Gasteiger partial charge in [-0.1, -0.05) is 0 Å². The first-order chi connectivity index (χ1) is 5.65. The SMILES string of the molecule is CC(=O)N1CCC(CO)C(Cl)C1. The fourth-order valence-electron chi connectivity index (χ4n) is 1.45. The summed E-state index contributed by atoms with van der Waals surface area (Å²) in [4.78, 5) is 12.7. The van der Waals surface area contributed by atoms with Gasteiger partial charge in [0, 0.05) is 32.5 Å². The maximum atomic E-state index is 10.9. The summed E-state index contributed by atoms with van der Waals surface area (Å²) >= 11 is 5.97. The Morgan fingerprint density at radius 3 is 2.83 bits per heavy atom. The molecule has 1 N–H and O–H groups in total. The minimum Gasteiger partial charge on any atom is -0.396 e. The minimum atomic E-state index is -0.0901. The summed E-state index contributed by atoms with van der Waals surface area (Å²) in [6, 6.07) is 0. The van der Waals surface area contributed by atoms with Crippen LogP contribution >= 0.6 is 11.6 Å². The Balaban J connectivity index is 2.46. The molecule has 2 unspecified atom stereocenters. The Bertz CT molecular complexity index is 174. The van der Waals surface area contributed by atoms with Crippen LogP contribution in [0, 0.1) is 5.92 Å². The molecule has 1 rings (SSSR count). The molecule has 0 radical (unpaired) electrons. The minimum absolute atomic E-state index is 0.0667. The molecule has 12 heavy (non-hydrogen) atoms. The third kappa shape index (κ3) is 2.11. The van der Waals surface area contributed by atoms with E-state index in [-0.39, 0.29) is 23.8 Å². The van der Waals surface area contributed by atoms with Crippen LogP contribution in [0.2, 0.25) is 0 Å². The van der Waals surface area contributed by atoms with Crippen molar-refractivity contribution < 1.29 is 9.90 Å². The monoisotopic (exact) mass is 191 g/mol. The van der Waals surface area contributed by atoms with E-state index in [4.69, 9.17) is 16.7 Å². The van der Waals surface area contributed by atoms with Gasteiger partial charge in [-0.2, -0.15) is 0 Å². The van der Waals surface area contributed by atoms with E-state index < -0.39 is 0 Å². The van der Waals surface area contributed by atoms with E-state index in [1.807, 2.05) is 0 Å². The standard InChI is InChI=1S/C8H14ClNO2/c1-6(12)10-3-2-7(5-11)8(9)4-10/h7-8,11H,2-5H2,1H3. The molecule has 1 saturated heterocycles. The molecule has 1 aliphatic heterocycles. The first-order valence-electron chi connectivity index (χ1n) is 4.15. The average Bonchev–Trinajstić information content (AvgIpc) is 2.04. The van der Waals surface area contributed by atoms with E-state index in [1.54, 1.807) is 11.8 Å². The molecular formula is C8H14ClNO2. The predicted molar refractivity (Wildman–Crippen MR) is 47.1 cm³/mol. The molecule has 2 atom stereocenters. The lowest BCUT2D eigenvalue weighted by Crippen LogP contribution is -2.44. The second-order valence-corrected chi connectivity index (χ2v) is 3.77. The summed E-state index contributed by atoms with van der Waals surface area (Å²) in [6.07, 6.45) is 0.810. The second kappa shape index (κ2) is 4.10. The third-order valence-corrected chi connectivity index (χ3v) is 2.85. The van der Waals surface area contributed by atoms with Gasteiger partial charge in [0.2, 0.25) is 5.91 Å². The van der Waals surface area contributed by atoms with Gasteiger partial charge >= 0.3 is 0 Å². The van der Waals surface area contributed by atoms with Gasteiger partial charge in [-0.25, -0.2) is 0 Å². The number of amides is 1. The zero-order chi connectivity index (χ0) is 9.14. The molecule has 1 heterocycles. The Morgan fingerprint density at radius 1 is 1.75 bits per heavy atom. The van der Waals surface area contributed by atoms with E-state index in [1.165, 1.54) is 0 Å². The van der Waals surface area contributed by atoms with E-state index in [0.717, 1.165) is 13.0 Å². The molecule has 1 aliphatic rings. The molecule has 0 saturated carbocycles. The molecule has 0 aromatic heterocycles. The van der Waals surface area contributed by atoms with E-state index in [0.29, 0.717) is 6.54 Å². The van der Waals surface area contributed by atoms with Gasteiger partial charge in [-0.3, -0.25) is 4.79 Å². The molecule has 70 valence electrons. The highest BCUT2D eigenvalue weighted by atomic mass is 35.5. The number of nitrogens with zero attached hydrogens (tertiary/aromatic N) is 1. The number of carbonyl (C=O) groups excluding carboxylic acids is 1. The van der Waals surface area contributed by atoms with Gasteiger partial charge in [0.25, 0.3) is 0 Å². The Morgan fingerprint density at radius 2 is 2.42 bits per heavy atom. The van der Waals surface area contributed by atoms with Crippen LogP contribution in [0.3, 0.4) is 0 Å². The summed E-state index contributed by atoms with van der Waals surface area (Å²) in [5, 5.41) is 8.81. The topological polar surface area (TPSA) is 40.5 Å². The third-order valence-electron chi connectivity index (χ3n) is 2.36. The maximum Gasteiger partial charge on any atom is 0.219 e. The highest BCUT2D eigenvalue weighted by Crippen LogP contribution is 2.21. The van der Waals surface area contributed by atoms with Crippen LogP contribution in [0.15, 0.2) is 0 Å². The van der Waals surface area contributed by atoms with Crippen LogP contribution in [0.1, 0.15) is 13.3 Å². The van der Waals surface area contributed by atoms with Crippen molar-refractivity contribution in [2.24, 2.45) is 5.92 Å². The number of hydrogen-bond donors (Lipinski definition) is 1. The van der Waals surface area contributed by atoms with Gasteiger partial charge in [0.05, 0.1) is 5.38 Å². The van der Waals surface area contributed by atoms with Crippen LogP contribution in [0.25, 0.3) is 0 Å². The van der Waals surface area contributed by atoms with Crippen molar-refractivity contribution in [3.8, 4) is 0 Å². The van der Waals surface area contributed by atoms with Crippen LogP contribution in [-0.4, -0.2) is 41.0 Å². The second-order valence-electron chi connectivity index (χ2n) is 3.21. The lowest BCUT2D eigenvalue weighted by molar-refractivity contribution is -0.130. The van der Waals surface area contributed by atoms with Crippen molar-refractivity contribution in [3.05, 3.63) is 0 Å². The lowest BCUT2D eigenvalue weighted by Gasteiger charge is -2.34. The highest BCUT2D eigenvalue weighted by molar-refractivity contribution is 6.21. The Labute approximate surface area is 77.3 Å². The Hall–Kier alpha value is -0.280. The van der Waals surface area contributed by atoms with E-state index in [9.17, 15) is 4.79 Å². The van der Waals surface area contributed by atoms with Gasteiger partial charge < -0.3 is 10.0 Å². The number of likely N-dealkylation sites (tertiary alicyclic amines) is 1. The zero-order valence-corrected chi connectivity index (χ0v) is 7.92. The zero-order valence-electron chi connectivity index (χ0n) is 7.16. The van der Waals surface area contributed by atoms with Crippen LogP contribution in [-0.2, 0) is 4.79 Å². The molecular weight excluding hydrogens is 178 g/mol. The number of aliphatic hydroxyl groups excluding tert-OH is 1. The maximum absolute atomic E-state index is 10.9. The molecule has 3 nitrogen and oxygen atoms in total. The molecule has 1 amide bonds. The number of piperidine rings is 1. The summed E-state index contributed by atoms with van der Waals surface area (Å²) in [7, 11) is 0. The first kappa shape index (κ1) is 9.81. The van der Waals surface area contributed by atoms with Crippen molar-refractivity contribution in [2.75, 3.05) is 19.7 Å². The number of alkyl halides is 1. The van der Waals surface area contributed by atoms with E-state index >= 15 is 0 Å². The van der Waals surface area contributed by atoms with E-state index in [2.05, 4.69) is 0 Å². The molecule has 4 heteroatoms. The lowest BCUT2D eigenvalue weighted by atomic mass is 9.97. The van der Waals surface area contributed by atoms with Crippen molar-refractivity contribution in [1.82, 2.24) is 4.90 Å². The highest BCUT2D eigenvalue weighted by Gasteiger charge is 2.27. The number of rotatable bonds is 1. The summed E-state index contributed by atoms with van der Waals surface area (Å²) in [5.41, 5.74) is 0. The number of aliphatic hydroxyl groups is 1. The molecule has 0 aromatic carbocycles. The fraction of sp³-hybridized carbons (Fsp3) is 0.875. The van der Waals surface area contributed by atoms with Gasteiger partial charge in [-0.05, 0) is 6.42 Å². The molecule has 0 aromatic rings. The largest absolute Gasteiger partial charge is 0.396 e. The van der Waals surface area contributed by atoms with Gasteiger partial charge in [0.15, 0.2) is 0 Å². The number of carbonyl (C=O) groups is 1. The number of halogens is 1. The van der Waals surface area contributed by atoms with Gasteiger partial charge in [0.1, 0.15) is 0 Å². The first-order valence-corrected chi connectivity index (χ1v) is 4.59. The van der Waals surface area contributed by atoms with Crippen LogP contribution in [0.5, 0.6) is 0 Å². The smallest absolute Gasteiger partial charge is 0.219 e. The summed E-state index contributed by atoms with van der Waals surface area (Å²) < 4.78 is 0. The average molecular weight is 192 g/mol. The molecule has 0 bridgehead atoms. The van der Waals surface area contributed by atoms with Crippen molar-refractivity contribution in [2.45, 2.75) is 18.7 Å². The number of hydrogen-bond acceptors (Lipinski definition) is 2. The Kier molecular flexibility index (Phi) is 3.35. The quantitative estimate of drug-likeness (QED) is 0.612. The van der Waals surface area contributed by atoms with Crippen LogP contribution < -0.4 is 0 Å². The summed E-state index contributed by atoms with van der Waals surface area (Å²) in [5.74, 6) is 0.222. The molecule has 0 spiro atoms. The molecule has 0 aliphatic carbocycles. The van der Waals surface area contributed by atoms with Crippen molar-refractivity contribution in [3.63, 3.8) is 0 Å². The molecule has 1 fully saturated rings. The predicted octanol–water partition coefficient (Wildman–Crippen LogP) is 0.454. The normalized spacial score (nSPS) is 30.4. The summed E-state index contributed by atoms with van der Waals surface area (Å²) in [6.45, 7) is 2.97. The van der Waals surface area contributed by atoms with Crippen molar-refractivity contribution in [1.29, 1.82) is 0 Å². The van der Waals surface area contributed by atoms with Gasteiger partial charge in [-0.15, -0.1) is 11.6 Å². The fourth-order valence-corrected chi connectivity index (χ4v) is 1.82. The van der Waals surface area contributed by atoms with Crippen molar-refractivity contribution >= 4 is 17.5 Å². The van der Waals surface area contributed by atoms with Crippen LogP contribution in [0.4, 0.5) is 0 Å².